The number of carbonyl (C=O) groups excluding carboxylic acids is 1. The number of hydrogen-bond donors (Lipinski definition) is 1. The zero-order valence-electron chi connectivity index (χ0n) is 13.5. The quantitative estimate of drug-likeness (QED) is 0.872. The number of thiophene rings is 1. The SMILES string of the molecule is O=C(Cc1ccc(-c2ccc(F)cc2)s1)NCCN1CCOCC1. The molecule has 4 nitrogen and oxygen atoms in total. The van der Waals surface area contributed by atoms with Gasteiger partial charge in [-0.1, -0.05) is 12.1 Å². The number of benzene rings is 1. The molecule has 0 radical (unpaired) electrons. The molecule has 1 N–H and O–H groups in total. The average molecular weight is 348 g/mol. The number of morpholine rings is 1. The highest BCUT2D eigenvalue weighted by Crippen LogP contribution is 2.28. The van der Waals surface area contributed by atoms with Crippen LogP contribution < -0.4 is 5.32 Å². The largest absolute Gasteiger partial charge is 0.379 e. The minimum Gasteiger partial charge on any atom is -0.379 e. The van der Waals surface area contributed by atoms with E-state index in [2.05, 4.69) is 10.2 Å². The van der Waals surface area contributed by atoms with Crippen LogP contribution in [0.25, 0.3) is 10.4 Å². The van der Waals surface area contributed by atoms with Crippen molar-refractivity contribution in [3.63, 3.8) is 0 Å². The van der Waals surface area contributed by atoms with Gasteiger partial charge >= 0.3 is 0 Å². The first-order valence-electron chi connectivity index (χ1n) is 8.12. The van der Waals surface area contributed by atoms with Crippen molar-refractivity contribution in [2.24, 2.45) is 0 Å². The summed E-state index contributed by atoms with van der Waals surface area (Å²) in [4.78, 5) is 16.4. The third-order valence-electron chi connectivity index (χ3n) is 3.98. The first kappa shape index (κ1) is 17.1. The smallest absolute Gasteiger partial charge is 0.225 e. The monoisotopic (exact) mass is 348 g/mol. The standard InChI is InChI=1S/C18H21FN2O2S/c19-15-3-1-14(2-4-15)17-6-5-16(24-17)13-18(22)20-7-8-21-9-11-23-12-10-21/h1-6H,7-13H2,(H,20,22). The Hall–Kier alpha value is -1.76. The van der Waals surface area contributed by atoms with Crippen LogP contribution in [0.5, 0.6) is 0 Å². The Morgan fingerprint density at radius 3 is 2.67 bits per heavy atom. The van der Waals surface area contributed by atoms with Gasteiger partial charge in [0, 0.05) is 35.9 Å². The lowest BCUT2D eigenvalue weighted by atomic mass is 10.2. The van der Waals surface area contributed by atoms with Gasteiger partial charge in [-0.3, -0.25) is 9.69 Å². The highest BCUT2D eigenvalue weighted by molar-refractivity contribution is 7.15. The van der Waals surface area contributed by atoms with E-state index in [0.717, 1.165) is 48.2 Å². The number of nitrogens with zero attached hydrogens (tertiary/aromatic N) is 1. The molecule has 3 rings (SSSR count). The Kier molecular flexibility index (Phi) is 5.96. The zero-order valence-corrected chi connectivity index (χ0v) is 14.3. The molecule has 0 bridgehead atoms. The van der Waals surface area contributed by atoms with Crippen molar-refractivity contribution < 1.29 is 13.9 Å². The molecule has 1 aromatic heterocycles. The maximum absolute atomic E-state index is 13.0. The maximum atomic E-state index is 13.0. The zero-order chi connectivity index (χ0) is 16.8. The Bertz CT molecular complexity index is 666. The molecule has 1 amide bonds. The normalized spacial score (nSPS) is 15.4. The predicted molar refractivity (Wildman–Crippen MR) is 93.7 cm³/mol. The molecular formula is C18H21FN2O2S. The highest BCUT2D eigenvalue weighted by atomic mass is 32.1. The van der Waals surface area contributed by atoms with Crippen LogP contribution in [0.4, 0.5) is 4.39 Å². The number of nitrogens with one attached hydrogen (secondary N) is 1. The van der Waals surface area contributed by atoms with Crippen LogP contribution in [0.3, 0.4) is 0 Å². The second-order valence-corrected chi connectivity index (χ2v) is 6.92. The van der Waals surface area contributed by atoms with Crippen LogP contribution in [0.1, 0.15) is 4.88 Å². The van der Waals surface area contributed by atoms with E-state index in [0.29, 0.717) is 13.0 Å². The topological polar surface area (TPSA) is 41.6 Å². The van der Waals surface area contributed by atoms with E-state index < -0.39 is 0 Å². The summed E-state index contributed by atoms with van der Waals surface area (Å²) in [6.45, 7) is 4.93. The molecule has 2 heterocycles. The van der Waals surface area contributed by atoms with Crippen LogP contribution in [-0.2, 0) is 16.0 Å². The van der Waals surface area contributed by atoms with Gasteiger partial charge in [-0.25, -0.2) is 4.39 Å². The fourth-order valence-electron chi connectivity index (χ4n) is 2.64. The summed E-state index contributed by atoms with van der Waals surface area (Å²) in [5.41, 5.74) is 0.973. The van der Waals surface area contributed by atoms with E-state index in [1.807, 2.05) is 12.1 Å². The van der Waals surface area contributed by atoms with Gasteiger partial charge in [0.25, 0.3) is 0 Å². The van der Waals surface area contributed by atoms with Crippen molar-refractivity contribution in [1.29, 1.82) is 0 Å². The van der Waals surface area contributed by atoms with E-state index in [1.165, 1.54) is 12.1 Å². The van der Waals surface area contributed by atoms with E-state index in [9.17, 15) is 9.18 Å². The van der Waals surface area contributed by atoms with Gasteiger partial charge in [0.05, 0.1) is 19.6 Å². The Labute approximate surface area is 145 Å². The van der Waals surface area contributed by atoms with Gasteiger partial charge in [-0.05, 0) is 29.8 Å². The van der Waals surface area contributed by atoms with Gasteiger partial charge in [0.2, 0.25) is 5.91 Å². The summed E-state index contributed by atoms with van der Waals surface area (Å²) in [5.74, 6) is -0.203. The highest BCUT2D eigenvalue weighted by Gasteiger charge is 2.11. The minimum absolute atomic E-state index is 0.0377. The number of amides is 1. The molecule has 2 aromatic rings. The van der Waals surface area contributed by atoms with E-state index in [1.54, 1.807) is 23.5 Å². The summed E-state index contributed by atoms with van der Waals surface area (Å²) < 4.78 is 18.3. The number of ether oxygens (including phenoxy) is 1. The molecule has 0 saturated carbocycles. The van der Waals surface area contributed by atoms with Gasteiger partial charge < -0.3 is 10.1 Å². The first-order chi connectivity index (χ1) is 11.7. The lowest BCUT2D eigenvalue weighted by Gasteiger charge is -2.26. The predicted octanol–water partition coefficient (Wildman–Crippen LogP) is 2.55. The molecule has 6 heteroatoms. The summed E-state index contributed by atoms with van der Waals surface area (Å²) in [5, 5.41) is 2.97. The summed E-state index contributed by atoms with van der Waals surface area (Å²) in [6, 6.07) is 10.4. The molecule has 0 aliphatic carbocycles. The molecule has 1 saturated heterocycles. The third-order valence-corrected chi connectivity index (χ3v) is 5.11. The fraction of sp³-hybridized carbons (Fsp3) is 0.389. The van der Waals surface area contributed by atoms with Crippen molar-refractivity contribution in [3.05, 3.63) is 47.1 Å². The molecule has 0 spiro atoms. The van der Waals surface area contributed by atoms with E-state index in [4.69, 9.17) is 4.74 Å². The molecule has 1 fully saturated rings. The van der Waals surface area contributed by atoms with Gasteiger partial charge in [-0.15, -0.1) is 11.3 Å². The van der Waals surface area contributed by atoms with Crippen LogP contribution in [0, 0.1) is 5.82 Å². The molecular weight excluding hydrogens is 327 g/mol. The first-order valence-corrected chi connectivity index (χ1v) is 8.94. The van der Waals surface area contributed by atoms with Crippen LogP contribution >= 0.6 is 11.3 Å². The number of carbonyl (C=O) groups is 1. The van der Waals surface area contributed by atoms with Crippen molar-refractivity contribution in [2.45, 2.75) is 6.42 Å². The average Bonchev–Trinajstić information content (AvgIpc) is 3.05. The van der Waals surface area contributed by atoms with Gasteiger partial charge in [0.1, 0.15) is 5.82 Å². The Morgan fingerprint density at radius 2 is 1.92 bits per heavy atom. The number of halogens is 1. The molecule has 24 heavy (non-hydrogen) atoms. The number of rotatable bonds is 6. The minimum atomic E-state index is -0.241. The van der Waals surface area contributed by atoms with Crippen molar-refractivity contribution >= 4 is 17.2 Å². The van der Waals surface area contributed by atoms with Crippen LogP contribution in [0.15, 0.2) is 36.4 Å². The fourth-order valence-corrected chi connectivity index (χ4v) is 3.65. The molecule has 0 atom stereocenters. The lowest BCUT2D eigenvalue weighted by molar-refractivity contribution is -0.120. The molecule has 0 unspecified atom stereocenters. The Morgan fingerprint density at radius 1 is 1.17 bits per heavy atom. The molecule has 1 aromatic carbocycles. The Balaban J connectivity index is 1.45. The second kappa shape index (κ2) is 8.37. The number of hydrogen-bond acceptors (Lipinski definition) is 4. The molecule has 1 aliphatic rings. The third kappa shape index (κ3) is 4.87. The maximum Gasteiger partial charge on any atom is 0.225 e. The van der Waals surface area contributed by atoms with Crippen molar-refractivity contribution in [1.82, 2.24) is 10.2 Å². The van der Waals surface area contributed by atoms with Gasteiger partial charge in [-0.2, -0.15) is 0 Å². The summed E-state index contributed by atoms with van der Waals surface area (Å²) in [7, 11) is 0. The van der Waals surface area contributed by atoms with Crippen molar-refractivity contribution in [2.75, 3.05) is 39.4 Å². The van der Waals surface area contributed by atoms with Crippen LogP contribution in [-0.4, -0.2) is 50.2 Å². The lowest BCUT2D eigenvalue weighted by Crippen LogP contribution is -2.41. The van der Waals surface area contributed by atoms with Crippen molar-refractivity contribution in [3.8, 4) is 10.4 Å². The summed E-state index contributed by atoms with van der Waals surface area (Å²) in [6.07, 6.45) is 0.384. The van der Waals surface area contributed by atoms with Crippen LogP contribution in [0.2, 0.25) is 0 Å². The molecule has 1 aliphatic heterocycles. The second-order valence-electron chi connectivity index (χ2n) is 5.75. The van der Waals surface area contributed by atoms with E-state index >= 15 is 0 Å². The van der Waals surface area contributed by atoms with E-state index in [-0.39, 0.29) is 11.7 Å². The molecule has 128 valence electrons. The van der Waals surface area contributed by atoms with Gasteiger partial charge in [0.15, 0.2) is 0 Å². The summed E-state index contributed by atoms with van der Waals surface area (Å²) >= 11 is 1.57.